The quantitative estimate of drug-likeness (QED) is 0.276. The van der Waals surface area contributed by atoms with E-state index in [9.17, 15) is 15.2 Å². The fourth-order valence-electron chi connectivity index (χ4n) is 4.37. The summed E-state index contributed by atoms with van der Waals surface area (Å²) in [6.45, 7) is 1.79. The number of methoxy groups -OCH3 is 2. The van der Waals surface area contributed by atoms with Gasteiger partial charge in [-0.1, -0.05) is 11.6 Å². The molecule has 3 aromatic rings. The van der Waals surface area contributed by atoms with Crippen LogP contribution in [0.2, 0.25) is 5.02 Å². The molecule has 0 radical (unpaired) electrons. The highest BCUT2D eigenvalue weighted by Crippen LogP contribution is 2.47. The predicted molar refractivity (Wildman–Crippen MR) is 125 cm³/mol. The van der Waals surface area contributed by atoms with Crippen molar-refractivity contribution >= 4 is 23.0 Å². The summed E-state index contributed by atoms with van der Waals surface area (Å²) >= 11 is 6.12. The normalized spacial score (nSPS) is 21.5. The lowest BCUT2D eigenvalue weighted by Crippen LogP contribution is -2.62. The molecule has 0 saturated heterocycles. The third-order valence-electron chi connectivity index (χ3n) is 5.99. The maximum absolute atomic E-state index is 11.8. The first-order valence-corrected chi connectivity index (χ1v) is 11.0. The van der Waals surface area contributed by atoms with Crippen LogP contribution in [0.25, 0.3) is 0 Å². The highest BCUT2D eigenvalue weighted by molar-refractivity contribution is 6.30. The minimum Gasteiger partial charge on any atom is -0.479 e. The number of aliphatic hydroxyl groups is 1. The summed E-state index contributed by atoms with van der Waals surface area (Å²) in [4.78, 5) is 14.2. The van der Waals surface area contributed by atoms with Crippen LogP contribution in [0.3, 0.4) is 0 Å². The highest BCUT2D eigenvalue weighted by Gasteiger charge is 2.54. The number of benzene rings is 2. The molecule has 13 heteroatoms. The van der Waals surface area contributed by atoms with Crippen molar-refractivity contribution in [2.24, 2.45) is 7.05 Å². The highest BCUT2D eigenvalue weighted by atomic mass is 35.5. The zero-order chi connectivity index (χ0) is 25.3. The van der Waals surface area contributed by atoms with Gasteiger partial charge in [-0.25, -0.2) is 0 Å². The van der Waals surface area contributed by atoms with Crippen molar-refractivity contribution < 1.29 is 24.2 Å². The van der Waals surface area contributed by atoms with E-state index in [1.165, 1.54) is 37.2 Å². The molecule has 186 valence electrons. The number of hydrogen-bond acceptors (Lipinski definition) is 10. The van der Waals surface area contributed by atoms with Crippen molar-refractivity contribution in [3.05, 3.63) is 69.0 Å². The Morgan fingerprint density at radius 2 is 1.97 bits per heavy atom. The molecule has 0 amide bonds. The number of aromatic nitrogens is 4. The zero-order valence-electron chi connectivity index (χ0n) is 19.5. The molecule has 0 saturated carbocycles. The first kappa shape index (κ1) is 24.8. The number of ether oxygens (including phenoxy) is 3. The molecule has 35 heavy (non-hydrogen) atoms. The summed E-state index contributed by atoms with van der Waals surface area (Å²) in [7, 11) is 4.52. The van der Waals surface area contributed by atoms with Crippen LogP contribution in [0.1, 0.15) is 24.4 Å². The second-order valence-electron chi connectivity index (χ2n) is 8.26. The molecule has 1 aliphatic heterocycles. The molecule has 12 nitrogen and oxygen atoms in total. The molecule has 0 fully saturated rings. The van der Waals surface area contributed by atoms with E-state index in [1.54, 1.807) is 38.2 Å². The largest absolute Gasteiger partial charge is 0.479 e. The minimum atomic E-state index is -1.38. The lowest BCUT2D eigenvalue weighted by molar-refractivity contribution is -0.385. The number of anilines is 1. The van der Waals surface area contributed by atoms with E-state index in [-0.39, 0.29) is 12.2 Å². The SMILES string of the molecule is COC(OC)[C@@]1(C)Oc2ccc([N+](=O)[O-])cc2[C@@H](N(Cc2nnn(C)n2)c2ccc(Cl)cc2)[C@@H]1O. The number of rotatable bonds is 8. The summed E-state index contributed by atoms with van der Waals surface area (Å²) < 4.78 is 17.1. The Labute approximate surface area is 206 Å². The average molecular weight is 505 g/mol. The monoisotopic (exact) mass is 504 g/mol. The van der Waals surface area contributed by atoms with Gasteiger partial charge in [0.05, 0.1) is 24.6 Å². The Balaban J connectivity index is 1.92. The Bertz CT molecular complexity index is 1200. The molecule has 1 aliphatic rings. The molecule has 3 atom stereocenters. The Morgan fingerprint density at radius 1 is 1.29 bits per heavy atom. The van der Waals surface area contributed by atoms with Gasteiger partial charge >= 0.3 is 0 Å². The molecule has 0 unspecified atom stereocenters. The number of non-ortho nitro benzene ring substituents is 1. The lowest BCUT2D eigenvalue weighted by atomic mass is 9.83. The van der Waals surface area contributed by atoms with Crippen LogP contribution >= 0.6 is 11.6 Å². The van der Waals surface area contributed by atoms with Crippen molar-refractivity contribution in [1.82, 2.24) is 20.2 Å². The van der Waals surface area contributed by atoms with E-state index in [0.29, 0.717) is 27.8 Å². The molecule has 2 aromatic carbocycles. The molecule has 0 spiro atoms. The van der Waals surface area contributed by atoms with Crippen LogP contribution in [-0.4, -0.2) is 62.5 Å². The average Bonchev–Trinajstić information content (AvgIpc) is 3.24. The third-order valence-corrected chi connectivity index (χ3v) is 6.24. The predicted octanol–water partition coefficient (Wildman–Crippen LogP) is 2.65. The van der Waals surface area contributed by atoms with Gasteiger partial charge in [0.15, 0.2) is 17.7 Å². The van der Waals surface area contributed by atoms with Crippen molar-refractivity contribution in [1.29, 1.82) is 0 Å². The van der Waals surface area contributed by atoms with E-state index in [2.05, 4.69) is 15.4 Å². The number of aryl methyl sites for hydroxylation is 1. The number of hydrogen-bond donors (Lipinski definition) is 1. The Morgan fingerprint density at radius 3 is 2.54 bits per heavy atom. The number of nitro groups is 1. The van der Waals surface area contributed by atoms with Crippen LogP contribution in [0.5, 0.6) is 5.75 Å². The summed E-state index contributed by atoms with van der Waals surface area (Å²) in [6, 6.07) is 10.4. The number of halogens is 1. The van der Waals surface area contributed by atoms with E-state index >= 15 is 0 Å². The van der Waals surface area contributed by atoms with Gasteiger partial charge in [-0.15, -0.1) is 10.2 Å². The first-order valence-electron chi connectivity index (χ1n) is 10.6. The van der Waals surface area contributed by atoms with Crippen LogP contribution in [0, 0.1) is 10.1 Å². The molecule has 1 N–H and O–H groups in total. The Kier molecular flexibility index (Phi) is 6.90. The van der Waals surface area contributed by atoms with Gasteiger partial charge in [0, 0.05) is 42.6 Å². The molecule has 1 aromatic heterocycles. The lowest BCUT2D eigenvalue weighted by Gasteiger charge is -2.49. The number of nitro benzene ring substituents is 1. The van der Waals surface area contributed by atoms with Crippen molar-refractivity contribution in [2.75, 3.05) is 19.1 Å². The summed E-state index contributed by atoms with van der Waals surface area (Å²) in [5.74, 6) is 0.725. The fourth-order valence-corrected chi connectivity index (χ4v) is 4.49. The van der Waals surface area contributed by atoms with Gasteiger partial charge in [-0.05, 0) is 42.5 Å². The fraction of sp³-hybridized carbons (Fsp3) is 0.409. The second-order valence-corrected chi connectivity index (χ2v) is 8.69. The van der Waals surface area contributed by atoms with Gasteiger partial charge in [-0.2, -0.15) is 4.80 Å². The van der Waals surface area contributed by atoms with E-state index in [4.69, 9.17) is 25.8 Å². The van der Waals surface area contributed by atoms with Gasteiger partial charge in [0.1, 0.15) is 11.9 Å². The van der Waals surface area contributed by atoms with Crippen LogP contribution in [0.4, 0.5) is 11.4 Å². The number of fused-ring (bicyclic) bond motifs is 1. The minimum absolute atomic E-state index is 0.125. The maximum Gasteiger partial charge on any atom is 0.270 e. The molecule has 0 bridgehead atoms. The van der Waals surface area contributed by atoms with Crippen molar-refractivity contribution in [3.63, 3.8) is 0 Å². The van der Waals surface area contributed by atoms with Gasteiger partial charge in [-0.3, -0.25) is 10.1 Å². The van der Waals surface area contributed by atoms with Crippen LogP contribution < -0.4 is 9.64 Å². The Hall–Kier alpha value is -3.32. The summed E-state index contributed by atoms with van der Waals surface area (Å²) in [6.07, 6.45) is -2.22. The third kappa shape index (κ3) is 4.65. The number of tetrazole rings is 1. The van der Waals surface area contributed by atoms with Crippen LogP contribution in [-0.2, 0) is 23.1 Å². The molecule has 4 rings (SSSR count). The summed E-state index contributed by atoms with van der Waals surface area (Å²) in [5.41, 5.74) is -0.442. The van der Waals surface area contributed by atoms with Gasteiger partial charge in [0.25, 0.3) is 5.69 Å². The van der Waals surface area contributed by atoms with Crippen molar-refractivity contribution in [3.8, 4) is 5.75 Å². The number of nitrogens with zero attached hydrogens (tertiary/aromatic N) is 6. The van der Waals surface area contributed by atoms with E-state index in [1.807, 2.05) is 4.90 Å². The summed E-state index contributed by atoms with van der Waals surface area (Å²) in [5, 5.41) is 36.1. The molecular weight excluding hydrogens is 480 g/mol. The molecular formula is C22H25ClN6O6. The van der Waals surface area contributed by atoms with Gasteiger partial charge in [0.2, 0.25) is 0 Å². The van der Waals surface area contributed by atoms with Crippen LogP contribution in [0.15, 0.2) is 42.5 Å². The van der Waals surface area contributed by atoms with Crippen molar-refractivity contribution in [2.45, 2.75) is 37.5 Å². The standard InChI is InChI=1S/C22H25ClN6O6/c1-22(21(33-3)34-4)20(30)19(16-11-15(29(31)32)9-10-17(16)35-22)28(12-18-24-26-27(2)25-18)14-7-5-13(23)6-8-14/h5-11,19-21,30H,12H2,1-4H3/t19-,20+,22+/m1/s1. The topological polar surface area (TPSA) is 138 Å². The van der Waals surface area contributed by atoms with Gasteiger partial charge < -0.3 is 24.2 Å². The van der Waals surface area contributed by atoms with E-state index < -0.39 is 29.0 Å². The molecule has 2 heterocycles. The smallest absolute Gasteiger partial charge is 0.270 e. The maximum atomic E-state index is 11.8. The number of aliphatic hydroxyl groups excluding tert-OH is 1. The van der Waals surface area contributed by atoms with E-state index in [0.717, 1.165) is 0 Å². The zero-order valence-corrected chi connectivity index (χ0v) is 20.3. The molecule has 0 aliphatic carbocycles. The second kappa shape index (κ2) is 9.74. The first-order chi connectivity index (χ1) is 16.7.